The first-order valence-corrected chi connectivity index (χ1v) is 10.7. The summed E-state index contributed by atoms with van der Waals surface area (Å²) in [6.45, 7) is 0. The van der Waals surface area contributed by atoms with E-state index >= 15 is 0 Å². The van der Waals surface area contributed by atoms with Crippen molar-refractivity contribution in [1.29, 1.82) is 0 Å². The molecule has 4 aromatic rings. The lowest BCUT2D eigenvalue weighted by Crippen LogP contribution is -2.17. The molecule has 0 spiro atoms. The van der Waals surface area contributed by atoms with Gasteiger partial charge in [-0.3, -0.25) is 14.9 Å². The summed E-state index contributed by atoms with van der Waals surface area (Å²) < 4.78 is 45.1. The van der Waals surface area contributed by atoms with Gasteiger partial charge in [-0.05, 0) is 42.0 Å². The summed E-state index contributed by atoms with van der Waals surface area (Å²) in [5, 5.41) is 16.4. The minimum absolute atomic E-state index is 0.0766. The number of carbonyl (C=O) groups excluding carboxylic acids is 1. The number of nitro groups is 1. The van der Waals surface area contributed by atoms with E-state index in [1.807, 2.05) is 0 Å². The van der Waals surface area contributed by atoms with E-state index in [4.69, 9.17) is 4.74 Å². The van der Waals surface area contributed by atoms with Crippen LogP contribution in [0.1, 0.15) is 11.1 Å². The third-order valence-corrected chi connectivity index (χ3v) is 5.01. The van der Waals surface area contributed by atoms with Gasteiger partial charge in [0.2, 0.25) is 11.8 Å². The molecular weight excluding hydrogens is 491 g/mol. The van der Waals surface area contributed by atoms with Crippen LogP contribution in [-0.2, 0) is 17.4 Å². The van der Waals surface area contributed by atoms with Crippen molar-refractivity contribution in [2.45, 2.75) is 12.6 Å². The summed E-state index contributed by atoms with van der Waals surface area (Å²) in [7, 11) is 0. The Morgan fingerprint density at radius 2 is 1.70 bits per heavy atom. The van der Waals surface area contributed by atoms with E-state index < -0.39 is 29.0 Å². The molecule has 2 N–H and O–H groups in total. The van der Waals surface area contributed by atoms with Gasteiger partial charge < -0.3 is 15.4 Å². The number of non-ortho nitro benzene ring substituents is 1. The number of anilines is 3. The van der Waals surface area contributed by atoms with E-state index in [2.05, 4.69) is 20.6 Å². The molecule has 0 fully saturated rings. The van der Waals surface area contributed by atoms with Crippen LogP contribution in [0.3, 0.4) is 0 Å². The molecule has 4 rings (SSSR count). The lowest BCUT2D eigenvalue weighted by atomic mass is 10.0. The van der Waals surface area contributed by atoms with Crippen molar-refractivity contribution < 1.29 is 27.6 Å². The highest BCUT2D eigenvalue weighted by atomic mass is 19.4. The third kappa shape index (κ3) is 6.78. The summed E-state index contributed by atoms with van der Waals surface area (Å²) in [4.78, 5) is 30.8. The van der Waals surface area contributed by atoms with Crippen molar-refractivity contribution in [3.8, 4) is 11.6 Å². The lowest BCUT2D eigenvalue weighted by Gasteiger charge is -2.13. The zero-order valence-corrected chi connectivity index (χ0v) is 18.9. The molecular formula is C25H18F3N5O4. The molecule has 1 amide bonds. The van der Waals surface area contributed by atoms with E-state index in [0.717, 1.165) is 6.07 Å². The first-order chi connectivity index (χ1) is 17.7. The summed E-state index contributed by atoms with van der Waals surface area (Å²) in [5.74, 6) is 0.301. The van der Waals surface area contributed by atoms with Crippen LogP contribution in [0.4, 0.5) is 36.1 Å². The Labute approximate surface area is 208 Å². The molecule has 0 aliphatic rings. The van der Waals surface area contributed by atoms with Crippen LogP contribution in [0.25, 0.3) is 0 Å². The Hall–Kier alpha value is -5.00. The summed E-state index contributed by atoms with van der Waals surface area (Å²) >= 11 is 0. The maximum Gasteiger partial charge on any atom is 0.416 e. The van der Waals surface area contributed by atoms with Gasteiger partial charge in [0.25, 0.3) is 5.69 Å². The number of alkyl halides is 3. The molecule has 0 unspecified atom stereocenters. The quantitative estimate of drug-likeness (QED) is 0.217. The lowest BCUT2D eigenvalue weighted by molar-refractivity contribution is -0.384. The maximum absolute atomic E-state index is 13.1. The smallest absolute Gasteiger partial charge is 0.416 e. The van der Waals surface area contributed by atoms with Gasteiger partial charge in [0, 0.05) is 29.6 Å². The van der Waals surface area contributed by atoms with Gasteiger partial charge >= 0.3 is 6.18 Å². The van der Waals surface area contributed by atoms with E-state index in [1.54, 1.807) is 18.2 Å². The second kappa shape index (κ2) is 10.7. The van der Waals surface area contributed by atoms with E-state index in [0.29, 0.717) is 22.9 Å². The number of amides is 1. The molecule has 188 valence electrons. The molecule has 37 heavy (non-hydrogen) atoms. The van der Waals surface area contributed by atoms with Gasteiger partial charge in [0.05, 0.1) is 16.9 Å². The molecule has 12 heteroatoms. The third-order valence-electron chi connectivity index (χ3n) is 5.01. The molecule has 9 nitrogen and oxygen atoms in total. The molecule has 0 saturated heterocycles. The largest absolute Gasteiger partial charge is 0.439 e. The summed E-state index contributed by atoms with van der Waals surface area (Å²) in [6.07, 6.45) is -3.73. The average molecular weight is 509 g/mol. The number of hydrogen-bond acceptors (Lipinski definition) is 7. The number of nitro benzene ring substituents is 1. The molecule has 1 heterocycles. The van der Waals surface area contributed by atoms with Crippen molar-refractivity contribution in [2.75, 3.05) is 10.6 Å². The first-order valence-electron chi connectivity index (χ1n) is 10.7. The minimum atomic E-state index is -4.55. The number of ether oxygens (including phenoxy) is 1. The van der Waals surface area contributed by atoms with Crippen LogP contribution in [0.2, 0.25) is 0 Å². The molecule has 0 radical (unpaired) electrons. The van der Waals surface area contributed by atoms with Gasteiger partial charge in [-0.25, -0.2) is 9.97 Å². The van der Waals surface area contributed by atoms with Crippen molar-refractivity contribution >= 4 is 28.8 Å². The van der Waals surface area contributed by atoms with Crippen LogP contribution >= 0.6 is 0 Å². The van der Waals surface area contributed by atoms with Crippen LogP contribution in [0.15, 0.2) is 85.2 Å². The Morgan fingerprint density at radius 3 is 2.43 bits per heavy atom. The van der Waals surface area contributed by atoms with Crippen LogP contribution in [-0.4, -0.2) is 20.8 Å². The number of benzene rings is 3. The van der Waals surface area contributed by atoms with E-state index in [-0.39, 0.29) is 17.1 Å². The highest BCUT2D eigenvalue weighted by Crippen LogP contribution is 2.32. The number of nitrogens with zero attached hydrogens (tertiary/aromatic N) is 3. The monoisotopic (exact) mass is 509 g/mol. The Kier molecular flexibility index (Phi) is 7.28. The zero-order chi connectivity index (χ0) is 26.4. The van der Waals surface area contributed by atoms with Gasteiger partial charge in [0.15, 0.2) is 0 Å². The van der Waals surface area contributed by atoms with Crippen LogP contribution in [0.5, 0.6) is 11.6 Å². The second-order valence-electron chi connectivity index (χ2n) is 7.68. The summed E-state index contributed by atoms with van der Waals surface area (Å²) in [5.41, 5.74) is -0.217. The Bertz CT molecular complexity index is 1430. The minimum Gasteiger partial charge on any atom is -0.439 e. The molecule has 0 saturated carbocycles. The fourth-order valence-electron chi connectivity index (χ4n) is 3.36. The highest BCUT2D eigenvalue weighted by Gasteiger charge is 2.33. The molecule has 0 aliphatic carbocycles. The average Bonchev–Trinajstić information content (AvgIpc) is 2.85. The van der Waals surface area contributed by atoms with Gasteiger partial charge in [-0.1, -0.05) is 24.3 Å². The molecule has 1 aromatic heterocycles. The van der Waals surface area contributed by atoms with Gasteiger partial charge in [0.1, 0.15) is 17.9 Å². The number of nitrogens with one attached hydrogen (secondary N) is 2. The van der Waals surface area contributed by atoms with Crippen molar-refractivity contribution in [1.82, 2.24) is 9.97 Å². The van der Waals surface area contributed by atoms with Gasteiger partial charge in [-0.15, -0.1) is 0 Å². The fraction of sp³-hybridized carbons (Fsp3) is 0.0800. The zero-order valence-electron chi connectivity index (χ0n) is 18.9. The Balaban J connectivity index is 1.37. The summed E-state index contributed by atoms with van der Waals surface area (Å²) in [6, 6.07) is 18.5. The number of aromatic nitrogens is 2. The van der Waals surface area contributed by atoms with E-state index in [9.17, 15) is 28.1 Å². The van der Waals surface area contributed by atoms with Crippen molar-refractivity contribution in [2.24, 2.45) is 0 Å². The van der Waals surface area contributed by atoms with Crippen LogP contribution < -0.4 is 15.4 Å². The SMILES string of the molecule is O=C(Cc1ccccc1C(F)(F)F)Nc1ccc(Oc2cc(Nc3cccc([N+](=O)[O-])c3)ncn2)cc1. The second-order valence-corrected chi connectivity index (χ2v) is 7.68. The van der Waals surface area contributed by atoms with E-state index in [1.165, 1.54) is 60.9 Å². The topological polar surface area (TPSA) is 119 Å². The van der Waals surface area contributed by atoms with Crippen molar-refractivity contribution in [3.63, 3.8) is 0 Å². The van der Waals surface area contributed by atoms with Crippen molar-refractivity contribution in [3.05, 3.63) is 106 Å². The normalized spacial score (nSPS) is 11.0. The Morgan fingerprint density at radius 1 is 0.946 bits per heavy atom. The van der Waals surface area contributed by atoms with Crippen LogP contribution in [0, 0.1) is 10.1 Å². The standard InChI is InChI=1S/C25H18F3N5O4/c26-25(27,28)21-7-2-1-4-16(21)12-23(34)32-17-8-10-20(11-9-17)37-24-14-22(29-15-30-24)31-18-5-3-6-19(13-18)33(35)36/h1-11,13-15H,12H2,(H,32,34)(H,29,30,31). The predicted molar refractivity (Wildman–Crippen MR) is 129 cm³/mol. The predicted octanol–water partition coefficient (Wildman–Crippen LogP) is 6.12. The first kappa shape index (κ1) is 25.1. The van der Waals surface area contributed by atoms with Gasteiger partial charge in [-0.2, -0.15) is 13.2 Å². The number of hydrogen-bond donors (Lipinski definition) is 2. The molecule has 0 aliphatic heterocycles. The molecule has 3 aromatic carbocycles. The molecule has 0 atom stereocenters. The number of halogens is 3. The number of rotatable bonds is 8. The highest BCUT2D eigenvalue weighted by molar-refractivity contribution is 5.92. The fourth-order valence-corrected chi connectivity index (χ4v) is 3.36. The maximum atomic E-state index is 13.1. The molecule has 0 bridgehead atoms. The number of carbonyl (C=O) groups is 1.